The van der Waals surface area contributed by atoms with Gasteiger partial charge in [-0.05, 0) is 32.0 Å². The Morgan fingerprint density at radius 1 is 1.17 bits per heavy atom. The molecule has 1 aromatic carbocycles. The molecule has 0 unspecified atom stereocenters. The zero-order valence-corrected chi connectivity index (χ0v) is 13.0. The predicted molar refractivity (Wildman–Crippen MR) is 86.2 cm³/mol. The number of amides is 1. The third-order valence-electron chi connectivity index (χ3n) is 3.11. The number of nitrogens with zero attached hydrogens (tertiary/aromatic N) is 2. The Labute approximate surface area is 134 Å². The van der Waals surface area contributed by atoms with Crippen LogP contribution in [0, 0.1) is 0 Å². The second-order valence-corrected chi connectivity index (χ2v) is 5.38. The first kappa shape index (κ1) is 15.1. The molecule has 7 heteroatoms. The van der Waals surface area contributed by atoms with Gasteiger partial charge in [-0.25, -0.2) is 9.97 Å². The number of nitrogens with one attached hydrogen (secondary N) is 2. The summed E-state index contributed by atoms with van der Waals surface area (Å²) in [5.74, 6) is 1.42. The Morgan fingerprint density at radius 3 is 2.74 bits per heavy atom. The van der Waals surface area contributed by atoms with Gasteiger partial charge in [0, 0.05) is 24.0 Å². The van der Waals surface area contributed by atoms with E-state index >= 15 is 0 Å². The van der Waals surface area contributed by atoms with E-state index in [0.29, 0.717) is 36.3 Å². The van der Waals surface area contributed by atoms with E-state index in [9.17, 15) is 4.79 Å². The Bertz CT molecular complexity index is 718. The first-order valence-corrected chi connectivity index (χ1v) is 7.42. The normalized spacial score (nSPS) is 12.8. The minimum Gasteiger partial charge on any atom is -0.486 e. The highest BCUT2D eigenvalue weighted by molar-refractivity contribution is 6.03. The molecule has 0 radical (unpaired) electrons. The molecule has 1 aromatic heterocycles. The molecule has 0 bridgehead atoms. The third kappa shape index (κ3) is 3.68. The summed E-state index contributed by atoms with van der Waals surface area (Å²) in [4.78, 5) is 20.6. The van der Waals surface area contributed by atoms with Gasteiger partial charge >= 0.3 is 0 Å². The highest BCUT2D eigenvalue weighted by Gasteiger charge is 2.14. The van der Waals surface area contributed by atoms with Crippen molar-refractivity contribution in [3.63, 3.8) is 0 Å². The summed E-state index contributed by atoms with van der Waals surface area (Å²) in [6, 6.07) is 7.03. The molecule has 0 atom stereocenters. The van der Waals surface area contributed by atoms with E-state index in [4.69, 9.17) is 9.47 Å². The molecule has 3 rings (SSSR count). The molecule has 1 aliphatic rings. The molecule has 0 fully saturated rings. The molecule has 0 saturated carbocycles. The average molecular weight is 314 g/mol. The summed E-state index contributed by atoms with van der Waals surface area (Å²) in [6.45, 7) is 4.99. The summed E-state index contributed by atoms with van der Waals surface area (Å²) >= 11 is 0. The molecule has 2 heterocycles. The topological polar surface area (TPSA) is 85.4 Å². The lowest BCUT2D eigenvalue weighted by Gasteiger charge is -2.19. The van der Waals surface area contributed by atoms with Crippen molar-refractivity contribution >= 4 is 17.5 Å². The van der Waals surface area contributed by atoms with Crippen molar-refractivity contribution in [3.8, 4) is 11.5 Å². The molecule has 120 valence electrons. The molecule has 0 saturated heterocycles. The van der Waals surface area contributed by atoms with Crippen molar-refractivity contribution < 1.29 is 14.3 Å². The number of ether oxygens (including phenoxy) is 2. The summed E-state index contributed by atoms with van der Waals surface area (Å²) in [5, 5.41) is 5.86. The fourth-order valence-electron chi connectivity index (χ4n) is 2.13. The van der Waals surface area contributed by atoms with Crippen molar-refractivity contribution in [2.45, 2.75) is 19.9 Å². The SMILES string of the molecule is CC(C)Nc1nccc(C(=O)Nc2ccc3c(c2)OCCO3)n1. The number of hydrogen-bond acceptors (Lipinski definition) is 6. The van der Waals surface area contributed by atoms with Gasteiger partial charge < -0.3 is 20.1 Å². The summed E-state index contributed by atoms with van der Waals surface area (Å²) in [6.07, 6.45) is 1.55. The quantitative estimate of drug-likeness (QED) is 0.901. The number of benzene rings is 1. The molecular weight excluding hydrogens is 296 g/mol. The Hall–Kier alpha value is -2.83. The van der Waals surface area contributed by atoms with E-state index in [1.54, 1.807) is 30.5 Å². The van der Waals surface area contributed by atoms with E-state index in [1.807, 2.05) is 13.8 Å². The van der Waals surface area contributed by atoms with Crippen LogP contribution < -0.4 is 20.1 Å². The zero-order valence-electron chi connectivity index (χ0n) is 13.0. The van der Waals surface area contributed by atoms with Crippen LogP contribution in [0.2, 0.25) is 0 Å². The Kier molecular flexibility index (Phi) is 4.27. The van der Waals surface area contributed by atoms with Gasteiger partial charge in [0.1, 0.15) is 18.9 Å². The fraction of sp³-hybridized carbons (Fsp3) is 0.312. The van der Waals surface area contributed by atoms with Crippen LogP contribution in [0.25, 0.3) is 0 Å². The maximum atomic E-state index is 12.3. The minimum atomic E-state index is -0.309. The number of aromatic nitrogens is 2. The molecule has 23 heavy (non-hydrogen) atoms. The van der Waals surface area contributed by atoms with Crippen molar-refractivity contribution in [1.82, 2.24) is 9.97 Å². The molecular formula is C16H18N4O3. The maximum Gasteiger partial charge on any atom is 0.274 e. The number of fused-ring (bicyclic) bond motifs is 1. The van der Waals surface area contributed by atoms with Crippen LogP contribution >= 0.6 is 0 Å². The number of rotatable bonds is 4. The van der Waals surface area contributed by atoms with E-state index < -0.39 is 0 Å². The number of hydrogen-bond donors (Lipinski definition) is 2. The van der Waals surface area contributed by atoms with E-state index in [0.717, 1.165) is 0 Å². The molecule has 1 amide bonds. The van der Waals surface area contributed by atoms with Gasteiger partial charge in [-0.15, -0.1) is 0 Å². The second-order valence-electron chi connectivity index (χ2n) is 5.38. The van der Waals surface area contributed by atoms with Crippen LogP contribution in [0.3, 0.4) is 0 Å². The molecule has 1 aliphatic heterocycles. The summed E-state index contributed by atoms with van der Waals surface area (Å²) in [7, 11) is 0. The number of carbonyl (C=O) groups excluding carboxylic acids is 1. The largest absolute Gasteiger partial charge is 0.486 e. The zero-order chi connectivity index (χ0) is 16.2. The lowest BCUT2D eigenvalue weighted by molar-refractivity contribution is 0.102. The van der Waals surface area contributed by atoms with Gasteiger partial charge in [0.15, 0.2) is 11.5 Å². The summed E-state index contributed by atoms with van der Waals surface area (Å²) in [5.41, 5.74) is 0.911. The Balaban J connectivity index is 1.74. The highest BCUT2D eigenvalue weighted by Crippen LogP contribution is 2.32. The standard InChI is InChI=1S/C16H18N4O3/c1-10(2)18-16-17-6-5-12(20-16)15(21)19-11-3-4-13-14(9-11)23-8-7-22-13/h3-6,9-10H,7-8H2,1-2H3,(H,19,21)(H,17,18,20). The third-order valence-corrected chi connectivity index (χ3v) is 3.11. The summed E-state index contributed by atoms with van der Waals surface area (Å²) < 4.78 is 11.0. The highest BCUT2D eigenvalue weighted by atomic mass is 16.6. The second kappa shape index (κ2) is 6.51. The van der Waals surface area contributed by atoms with Gasteiger partial charge in [-0.3, -0.25) is 4.79 Å². The van der Waals surface area contributed by atoms with Crippen molar-refractivity contribution in [2.75, 3.05) is 23.8 Å². The lowest BCUT2D eigenvalue weighted by Crippen LogP contribution is -2.18. The van der Waals surface area contributed by atoms with Crippen LogP contribution in [0.1, 0.15) is 24.3 Å². The number of anilines is 2. The van der Waals surface area contributed by atoms with Crippen LogP contribution in [0.4, 0.5) is 11.6 Å². The van der Waals surface area contributed by atoms with Crippen molar-refractivity contribution in [3.05, 3.63) is 36.2 Å². The molecule has 7 nitrogen and oxygen atoms in total. The predicted octanol–water partition coefficient (Wildman–Crippen LogP) is 2.32. The van der Waals surface area contributed by atoms with Gasteiger partial charge in [0.25, 0.3) is 5.91 Å². The molecule has 0 aliphatic carbocycles. The van der Waals surface area contributed by atoms with Gasteiger partial charge in [-0.1, -0.05) is 0 Å². The van der Waals surface area contributed by atoms with E-state index in [-0.39, 0.29) is 17.6 Å². The monoisotopic (exact) mass is 314 g/mol. The van der Waals surface area contributed by atoms with Crippen LogP contribution in [0.5, 0.6) is 11.5 Å². The van der Waals surface area contributed by atoms with Crippen LogP contribution in [-0.4, -0.2) is 35.1 Å². The van der Waals surface area contributed by atoms with Gasteiger partial charge in [0.05, 0.1) is 0 Å². The number of carbonyl (C=O) groups is 1. The minimum absolute atomic E-state index is 0.186. The molecule has 2 N–H and O–H groups in total. The molecule has 0 spiro atoms. The lowest BCUT2D eigenvalue weighted by atomic mass is 10.2. The first-order valence-electron chi connectivity index (χ1n) is 7.42. The van der Waals surface area contributed by atoms with E-state index in [2.05, 4.69) is 20.6 Å². The van der Waals surface area contributed by atoms with Crippen LogP contribution in [-0.2, 0) is 0 Å². The Morgan fingerprint density at radius 2 is 1.96 bits per heavy atom. The van der Waals surface area contributed by atoms with Crippen molar-refractivity contribution in [1.29, 1.82) is 0 Å². The van der Waals surface area contributed by atoms with Gasteiger partial charge in [0.2, 0.25) is 5.95 Å². The van der Waals surface area contributed by atoms with Crippen LogP contribution in [0.15, 0.2) is 30.5 Å². The fourth-order valence-corrected chi connectivity index (χ4v) is 2.13. The maximum absolute atomic E-state index is 12.3. The smallest absolute Gasteiger partial charge is 0.274 e. The van der Waals surface area contributed by atoms with E-state index in [1.165, 1.54) is 0 Å². The molecule has 2 aromatic rings. The average Bonchev–Trinajstić information content (AvgIpc) is 2.54. The first-order chi connectivity index (χ1) is 11.1. The van der Waals surface area contributed by atoms with Gasteiger partial charge in [-0.2, -0.15) is 0 Å². The van der Waals surface area contributed by atoms with Crippen molar-refractivity contribution in [2.24, 2.45) is 0 Å².